The maximum Gasteiger partial charge on any atom is 0.183 e. The molecule has 0 amide bonds. The molecule has 0 atom stereocenters. The Bertz CT molecular complexity index is 596. The molecule has 0 aliphatic rings. The van der Waals surface area contributed by atoms with Crippen LogP contribution in [0, 0.1) is 6.92 Å². The summed E-state index contributed by atoms with van der Waals surface area (Å²) < 4.78 is 0. The van der Waals surface area contributed by atoms with Crippen molar-refractivity contribution in [3.63, 3.8) is 0 Å². The zero-order valence-electron chi connectivity index (χ0n) is 13.7. The molecular weight excluding hydrogens is 278 g/mol. The van der Waals surface area contributed by atoms with Crippen molar-refractivity contribution in [3.8, 4) is 11.3 Å². The number of pyridine rings is 1. The van der Waals surface area contributed by atoms with E-state index in [0.29, 0.717) is 0 Å². The number of aryl methyl sites for hydroxylation is 1. The number of aromatic nitrogens is 2. The van der Waals surface area contributed by atoms with Crippen molar-refractivity contribution in [1.29, 1.82) is 0 Å². The summed E-state index contributed by atoms with van der Waals surface area (Å²) >= 11 is 1.66. The van der Waals surface area contributed by atoms with Crippen LogP contribution in [0.3, 0.4) is 0 Å². The summed E-state index contributed by atoms with van der Waals surface area (Å²) in [5.41, 5.74) is 4.40. The van der Waals surface area contributed by atoms with E-state index < -0.39 is 0 Å². The van der Waals surface area contributed by atoms with Gasteiger partial charge in [0.2, 0.25) is 0 Å². The van der Waals surface area contributed by atoms with Gasteiger partial charge in [0.15, 0.2) is 5.13 Å². The summed E-state index contributed by atoms with van der Waals surface area (Å²) in [5, 5.41) is 6.48. The fourth-order valence-corrected chi connectivity index (χ4v) is 2.84. The fraction of sp³-hybridized carbons (Fsp3) is 0.529. The molecule has 0 fully saturated rings. The van der Waals surface area contributed by atoms with Crippen LogP contribution in [0.2, 0.25) is 0 Å². The van der Waals surface area contributed by atoms with E-state index in [1.165, 1.54) is 12.8 Å². The molecule has 0 radical (unpaired) electrons. The van der Waals surface area contributed by atoms with Gasteiger partial charge in [-0.2, -0.15) is 0 Å². The van der Waals surface area contributed by atoms with E-state index in [9.17, 15) is 0 Å². The molecule has 0 aliphatic heterocycles. The van der Waals surface area contributed by atoms with Crippen molar-refractivity contribution >= 4 is 16.5 Å². The van der Waals surface area contributed by atoms with Crippen molar-refractivity contribution in [2.75, 3.05) is 11.9 Å². The number of nitrogens with zero attached hydrogens (tertiary/aromatic N) is 2. The van der Waals surface area contributed by atoms with E-state index in [4.69, 9.17) is 4.98 Å². The number of thiazole rings is 1. The van der Waals surface area contributed by atoms with Crippen LogP contribution in [-0.2, 0) is 5.41 Å². The lowest BCUT2D eigenvalue weighted by molar-refractivity contribution is 0.567. The number of hydrogen-bond donors (Lipinski definition) is 1. The van der Waals surface area contributed by atoms with Crippen molar-refractivity contribution < 1.29 is 0 Å². The largest absolute Gasteiger partial charge is 0.362 e. The highest BCUT2D eigenvalue weighted by Gasteiger charge is 2.17. The summed E-state index contributed by atoms with van der Waals surface area (Å²) in [5.74, 6) is 0. The standard InChI is InChI=1S/C17H25N3S/c1-6-7-10-18-16-20-14(11-21-16)13-8-9-15(17(3,4)5)19-12(13)2/h8-9,11H,6-7,10H2,1-5H3,(H,18,20). The average Bonchev–Trinajstić information content (AvgIpc) is 2.86. The van der Waals surface area contributed by atoms with Gasteiger partial charge in [-0.05, 0) is 25.5 Å². The minimum Gasteiger partial charge on any atom is -0.362 e. The third-order valence-electron chi connectivity index (χ3n) is 3.44. The quantitative estimate of drug-likeness (QED) is 0.788. The van der Waals surface area contributed by atoms with Crippen LogP contribution in [0.4, 0.5) is 5.13 Å². The molecule has 0 aliphatic carbocycles. The molecule has 0 aromatic carbocycles. The molecule has 0 unspecified atom stereocenters. The van der Waals surface area contributed by atoms with E-state index in [-0.39, 0.29) is 5.41 Å². The lowest BCUT2D eigenvalue weighted by atomic mass is 9.91. The van der Waals surface area contributed by atoms with E-state index in [1.807, 2.05) is 0 Å². The SMILES string of the molecule is CCCCNc1nc(-c2ccc(C(C)(C)C)nc2C)cs1. The van der Waals surface area contributed by atoms with Crippen LogP contribution >= 0.6 is 11.3 Å². The molecule has 2 rings (SSSR count). The second kappa shape index (κ2) is 6.56. The van der Waals surface area contributed by atoms with E-state index in [1.54, 1.807) is 11.3 Å². The monoisotopic (exact) mass is 303 g/mol. The Balaban J connectivity index is 2.19. The Labute approximate surface area is 131 Å². The highest BCUT2D eigenvalue weighted by atomic mass is 32.1. The topological polar surface area (TPSA) is 37.8 Å². The van der Waals surface area contributed by atoms with Gasteiger partial charge in [0.1, 0.15) is 0 Å². The number of nitrogens with one attached hydrogen (secondary N) is 1. The summed E-state index contributed by atoms with van der Waals surface area (Å²) in [7, 11) is 0. The predicted molar refractivity (Wildman–Crippen MR) is 92.2 cm³/mol. The van der Waals surface area contributed by atoms with Crippen LogP contribution in [0.15, 0.2) is 17.5 Å². The normalized spacial score (nSPS) is 11.7. The minimum absolute atomic E-state index is 0.0816. The van der Waals surface area contributed by atoms with Gasteiger partial charge in [-0.3, -0.25) is 4.98 Å². The van der Waals surface area contributed by atoms with Crippen LogP contribution < -0.4 is 5.32 Å². The van der Waals surface area contributed by atoms with Gasteiger partial charge in [0, 0.05) is 34.3 Å². The summed E-state index contributed by atoms with van der Waals surface area (Å²) in [6.07, 6.45) is 2.37. The van der Waals surface area contributed by atoms with Crippen molar-refractivity contribution in [3.05, 3.63) is 28.9 Å². The van der Waals surface area contributed by atoms with Gasteiger partial charge in [0.05, 0.1) is 5.69 Å². The molecule has 0 spiro atoms. The predicted octanol–water partition coefficient (Wildman–Crippen LogP) is 5.02. The van der Waals surface area contributed by atoms with Crippen LogP contribution in [0.5, 0.6) is 0 Å². The Morgan fingerprint density at radius 1 is 1.19 bits per heavy atom. The number of hydrogen-bond acceptors (Lipinski definition) is 4. The van der Waals surface area contributed by atoms with Crippen molar-refractivity contribution in [2.45, 2.75) is 52.9 Å². The molecule has 114 valence electrons. The second-order valence-electron chi connectivity index (χ2n) is 6.40. The molecule has 0 bridgehead atoms. The fourth-order valence-electron chi connectivity index (χ4n) is 2.10. The van der Waals surface area contributed by atoms with Gasteiger partial charge >= 0.3 is 0 Å². The number of unbranched alkanes of at least 4 members (excludes halogenated alkanes) is 1. The van der Waals surface area contributed by atoms with Crippen molar-refractivity contribution in [1.82, 2.24) is 9.97 Å². The van der Waals surface area contributed by atoms with Gasteiger partial charge in [-0.25, -0.2) is 4.98 Å². The maximum absolute atomic E-state index is 4.75. The number of rotatable bonds is 5. The molecule has 2 aromatic rings. The summed E-state index contributed by atoms with van der Waals surface area (Å²) in [6.45, 7) is 11.8. The molecule has 2 aromatic heterocycles. The molecular formula is C17H25N3S. The molecule has 1 N–H and O–H groups in total. The molecule has 0 saturated carbocycles. The number of anilines is 1. The molecule has 3 nitrogen and oxygen atoms in total. The molecule has 4 heteroatoms. The second-order valence-corrected chi connectivity index (χ2v) is 7.26. The van der Waals surface area contributed by atoms with Crippen LogP contribution in [-0.4, -0.2) is 16.5 Å². The maximum atomic E-state index is 4.75. The zero-order valence-corrected chi connectivity index (χ0v) is 14.5. The highest BCUT2D eigenvalue weighted by Crippen LogP contribution is 2.29. The first-order chi connectivity index (χ1) is 9.91. The van der Waals surface area contributed by atoms with Gasteiger partial charge in [0.25, 0.3) is 0 Å². The van der Waals surface area contributed by atoms with E-state index >= 15 is 0 Å². The first kappa shape index (κ1) is 16.0. The zero-order chi connectivity index (χ0) is 15.5. The molecule has 0 saturated heterocycles. The van der Waals surface area contributed by atoms with Gasteiger partial charge in [-0.1, -0.05) is 34.1 Å². The van der Waals surface area contributed by atoms with E-state index in [2.05, 4.69) is 62.4 Å². The first-order valence-corrected chi connectivity index (χ1v) is 8.47. The highest BCUT2D eigenvalue weighted by molar-refractivity contribution is 7.14. The average molecular weight is 303 g/mol. The van der Waals surface area contributed by atoms with Crippen molar-refractivity contribution in [2.24, 2.45) is 0 Å². The van der Waals surface area contributed by atoms with Crippen LogP contribution in [0.25, 0.3) is 11.3 Å². The lowest BCUT2D eigenvalue weighted by Gasteiger charge is -2.18. The van der Waals surface area contributed by atoms with Crippen LogP contribution in [0.1, 0.15) is 51.9 Å². The lowest BCUT2D eigenvalue weighted by Crippen LogP contribution is -2.14. The summed E-state index contributed by atoms with van der Waals surface area (Å²) in [6, 6.07) is 4.26. The third-order valence-corrected chi connectivity index (χ3v) is 4.24. The Morgan fingerprint density at radius 2 is 1.95 bits per heavy atom. The van der Waals surface area contributed by atoms with E-state index in [0.717, 1.165) is 34.3 Å². The Hall–Kier alpha value is -1.42. The smallest absolute Gasteiger partial charge is 0.183 e. The Kier molecular flexibility index (Phi) is 4.99. The minimum atomic E-state index is 0.0816. The van der Waals surface area contributed by atoms with Gasteiger partial charge in [-0.15, -0.1) is 11.3 Å². The Morgan fingerprint density at radius 3 is 2.57 bits per heavy atom. The van der Waals surface area contributed by atoms with Gasteiger partial charge < -0.3 is 5.32 Å². The summed E-state index contributed by atoms with van der Waals surface area (Å²) in [4.78, 5) is 9.42. The first-order valence-electron chi connectivity index (χ1n) is 7.59. The third kappa shape index (κ3) is 4.03. The molecule has 21 heavy (non-hydrogen) atoms. The molecule has 2 heterocycles.